The Kier molecular flexibility index (Phi) is 7.14. The Bertz CT molecular complexity index is 905. The van der Waals surface area contributed by atoms with Crippen LogP contribution in [0.3, 0.4) is 0 Å². The van der Waals surface area contributed by atoms with Crippen molar-refractivity contribution in [3.63, 3.8) is 0 Å². The molecule has 0 saturated carbocycles. The summed E-state index contributed by atoms with van der Waals surface area (Å²) < 4.78 is 27.3. The van der Waals surface area contributed by atoms with Gasteiger partial charge in [0.05, 0.1) is 16.3 Å². The minimum Gasteiger partial charge on any atom is -0.336 e. The van der Waals surface area contributed by atoms with E-state index in [1.54, 1.807) is 32.0 Å². The lowest BCUT2D eigenvalue weighted by Gasteiger charge is -2.40. The molecule has 30 heavy (non-hydrogen) atoms. The number of amides is 2. The molecule has 0 radical (unpaired) electrons. The Morgan fingerprint density at radius 1 is 1.17 bits per heavy atom. The molecular formula is C21H31N3O4S2. The third-order valence-electron chi connectivity index (χ3n) is 5.99. The quantitative estimate of drug-likeness (QED) is 0.662. The molecule has 0 spiro atoms. The SMILES string of the molecule is CCN(CC)S(=O)(=O)c1ccc2c(c1)N(CC(=O)N1[C@H](C)CCC[C@H]1C)C(=O)CS2. The third kappa shape index (κ3) is 4.38. The van der Waals surface area contributed by atoms with Gasteiger partial charge in [-0.3, -0.25) is 9.59 Å². The minimum atomic E-state index is -3.65. The molecule has 2 heterocycles. The van der Waals surface area contributed by atoms with Gasteiger partial charge in [-0.25, -0.2) is 8.42 Å². The van der Waals surface area contributed by atoms with Crippen LogP contribution in [0.1, 0.15) is 47.0 Å². The first-order valence-corrected chi connectivity index (χ1v) is 13.0. The second-order valence-corrected chi connectivity index (χ2v) is 10.9. The van der Waals surface area contributed by atoms with Crippen molar-refractivity contribution < 1.29 is 18.0 Å². The van der Waals surface area contributed by atoms with Crippen molar-refractivity contribution >= 4 is 39.3 Å². The maximum atomic E-state index is 13.1. The van der Waals surface area contributed by atoms with Gasteiger partial charge in [-0.05, 0) is 51.3 Å². The van der Waals surface area contributed by atoms with Gasteiger partial charge < -0.3 is 9.80 Å². The number of thioether (sulfide) groups is 1. The van der Waals surface area contributed by atoms with Crippen LogP contribution in [-0.4, -0.2) is 66.9 Å². The van der Waals surface area contributed by atoms with E-state index in [1.807, 2.05) is 18.7 Å². The van der Waals surface area contributed by atoms with E-state index in [2.05, 4.69) is 0 Å². The molecule has 1 fully saturated rings. The summed E-state index contributed by atoms with van der Waals surface area (Å²) in [6, 6.07) is 5.16. The van der Waals surface area contributed by atoms with E-state index in [0.29, 0.717) is 18.8 Å². The molecule has 2 aliphatic rings. The van der Waals surface area contributed by atoms with Crippen molar-refractivity contribution in [2.75, 3.05) is 30.3 Å². The number of hydrogen-bond donors (Lipinski definition) is 0. The van der Waals surface area contributed by atoms with Crippen molar-refractivity contribution in [2.45, 2.75) is 68.8 Å². The Morgan fingerprint density at radius 3 is 2.40 bits per heavy atom. The predicted molar refractivity (Wildman–Crippen MR) is 119 cm³/mol. The number of hydrogen-bond acceptors (Lipinski definition) is 5. The number of piperidine rings is 1. The van der Waals surface area contributed by atoms with Gasteiger partial charge in [-0.1, -0.05) is 13.8 Å². The second kappa shape index (κ2) is 9.28. The molecule has 1 saturated heterocycles. The fourth-order valence-electron chi connectivity index (χ4n) is 4.36. The second-order valence-electron chi connectivity index (χ2n) is 7.92. The number of rotatable bonds is 6. The van der Waals surface area contributed by atoms with Gasteiger partial charge in [-0.15, -0.1) is 11.8 Å². The van der Waals surface area contributed by atoms with Gasteiger partial charge in [0.15, 0.2) is 0 Å². The highest BCUT2D eigenvalue weighted by Crippen LogP contribution is 2.37. The van der Waals surface area contributed by atoms with Crippen molar-refractivity contribution in [1.29, 1.82) is 0 Å². The highest BCUT2D eigenvalue weighted by Gasteiger charge is 2.34. The fourth-order valence-corrected chi connectivity index (χ4v) is 6.75. The number of likely N-dealkylation sites (tertiary alicyclic amines) is 1. The summed E-state index contributed by atoms with van der Waals surface area (Å²) in [6.45, 7) is 8.37. The van der Waals surface area contributed by atoms with Crippen molar-refractivity contribution in [3.05, 3.63) is 18.2 Å². The number of carbonyl (C=O) groups is 2. The molecule has 2 atom stereocenters. The Hall–Kier alpha value is -1.58. The number of nitrogens with zero attached hydrogens (tertiary/aromatic N) is 3. The molecule has 7 nitrogen and oxygen atoms in total. The molecule has 2 amide bonds. The lowest BCUT2D eigenvalue weighted by Crippen LogP contribution is -2.52. The standard InChI is InChI=1S/C21H31N3O4S2/c1-5-22(6-2)30(27,28)17-10-11-19-18(12-17)23(21(26)14-29-19)13-20(25)24-15(3)8-7-9-16(24)4/h10-12,15-16H,5-9,13-14H2,1-4H3/t15-,16-/m1/s1. The molecule has 0 aliphatic carbocycles. The summed E-state index contributed by atoms with van der Waals surface area (Å²) in [7, 11) is -3.65. The zero-order valence-electron chi connectivity index (χ0n) is 18.1. The van der Waals surface area contributed by atoms with Gasteiger partial charge in [0, 0.05) is 30.1 Å². The Morgan fingerprint density at radius 2 is 1.80 bits per heavy atom. The number of benzene rings is 1. The average Bonchev–Trinajstić information content (AvgIpc) is 2.70. The monoisotopic (exact) mass is 453 g/mol. The fraction of sp³-hybridized carbons (Fsp3) is 0.619. The largest absolute Gasteiger partial charge is 0.336 e. The van der Waals surface area contributed by atoms with Gasteiger partial charge in [0.1, 0.15) is 6.54 Å². The van der Waals surface area contributed by atoms with E-state index in [1.165, 1.54) is 21.0 Å². The third-order valence-corrected chi connectivity index (χ3v) is 9.08. The van der Waals surface area contributed by atoms with Crippen LogP contribution in [0.15, 0.2) is 28.0 Å². The average molecular weight is 454 g/mol. The Balaban J connectivity index is 1.93. The lowest BCUT2D eigenvalue weighted by molar-refractivity contribution is -0.136. The van der Waals surface area contributed by atoms with Crippen LogP contribution in [0, 0.1) is 0 Å². The van der Waals surface area contributed by atoms with Gasteiger partial charge in [0.2, 0.25) is 21.8 Å². The van der Waals surface area contributed by atoms with Gasteiger partial charge >= 0.3 is 0 Å². The molecule has 2 aliphatic heterocycles. The molecule has 1 aromatic carbocycles. The van der Waals surface area contributed by atoms with Crippen LogP contribution in [0.4, 0.5) is 5.69 Å². The lowest BCUT2D eigenvalue weighted by atomic mass is 9.97. The molecule has 0 bridgehead atoms. The van der Waals surface area contributed by atoms with Gasteiger partial charge in [-0.2, -0.15) is 4.31 Å². The molecule has 0 N–H and O–H groups in total. The van der Waals surface area contributed by atoms with Crippen LogP contribution in [-0.2, 0) is 19.6 Å². The van der Waals surface area contributed by atoms with E-state index in [9.17, 15) is 18.0 Å². The van der Waals surface area contributed by atoms with Crippen LogP contribution in [0.25, 0.3) is 0 Å². The number of fused-ring (bicyclic) bond motifs is 1. The van der Waals surface area contributed by atoms with Crippen molar-refractivity contribution in [1.82, 2.24) is 9.21 Å². The molecule has 1 aromatic rings. The first-order chi connectivity index (χ1) is 14.2. The van der Waals surface area contributed by atoms with Crippen molar-refractivity contribution in [3.8, 4) is 0 Å². The summed E-state index contributed by atoms with van der Waals surface area (Å²) in [6.07, 6.45) is 3.02. The summed E-state index contributed by atoms with van der Waals surface area (Å²) in [5.41, 5.74) is 0.509. The first kappa shape index (κ1) is 23.1. The number of anilines is 1. The molecule has 3 rings (SSSR count). The van der Waals surface area contributed by atoms with E-state index < -0.39 is 10.0 Å². The van der Waals surface area contributed by atoms with E-state index in [4.69, 9.17) is 0 Å². The smallest absolute Gasteiger partial charge is 0.243 e. The van der Waals surface area contributed by atoms with Crippen LogP contribution in [0.5, 0.6) is 0 Å². The van der Waals surface area contributed by atoms with Crippen molar-refractivity contribution in [2.24, 2.45) is 0 Å². The number of sulfonamides is 1. The van der Waals surface area contributed by atoms with E-state index in [-0.39, 0.29) is 41.1 Å². The summed E-state index contributed by atoms with van der Waals surface area (Å²) in [5.74, 6) is -0.0125. The Labute approximate surface area is 183 Å². The minimum absolute atomic E-state index is 0.0597. The zero-order valence-corrected chi connectivity index (χ0v) is 19.8. The van der Waals surface area contributed by atoms with Gasteiger partial charge in [0.25, 0.3) is 0 Å². The maximum absolute atomic E-state index is 13.1. The summed E-state index contributed by atoms with van der Waals surface area (Å²) in [5, 5.41) is 0. The maximum Gasteiger partial charge on any atom is 0.243 e. The van der Waals surface area contributed by atoms with E-state index >= 15 is 0 Å². The zero-order chi connectivity index (χ0) is 22.1. The highest BCUT2D eigenvalue weighted by atomic mass is 32.2. The predicted octanol–water partition coefficient (Wildman–Crippen LogP) is 2.95. The van der Waals surface area contributed by atoms with Crippen LogP contribution >= 0.6 is 11.8 Å². The summed E-state index contributed by atoms with van der Waals surface area (Å²) >= 11 is 1.38. The molecule has 0 aromatic heterocycles. The summed E-state index contributed by atoms with van der Waals surface area (Å²) in [4.78, 5) is 30.2. The highest BCUT2D eigenvalue weighted by molar-refractivity contribution is 8.00. The molecular weight excluding hydrogens is 422 g/mol. The molecule has 9 heteroatoms. The van der Waals surface area contributed by atoms with E-state index in [0.717, 1.165) is 24.2 Å². The van der Waals surface area contributed by atoms with Crippen LogP contribution < -0.4 is 4.90 Å². The number of carbonyl (C=O) groups excluding carboxylic acids is 2. The molecule has 0 unspecified atom stereocenters. The first-order valence-electron chi connectivity index (χ1n) is 10.6. The molecule has 166 valence electrons. The van der Waals surface area contributed by atoms with Crippen LogP contribution in [0.2, 0.25) is 0 Å². The normalized spacial score (nSPS) is 22.4. The topological polar surface area (TPSA) is 78.0 Å².